The summed E-state index contributed by atoms with van der Waals surface area (Å²) in [5.74, 6) is 0. The molecule has 1 heteroatoms. The third-order valence-corrected chi connectivity index (χ3v) is 3.94. The summed E-state index contributed by atoms with van der Waals surface area (Å²) in [5, 5.41) is 0. The van der Waals surface area contributed by atoms with Crippen molar-refractivity contribution in [1.82, 2.24) is 0 Å². The van der Waals surface area contributed by atoms with Crippen molar-refractivity contribution in [2.24, 2.45) is 5.41 Å². The smallest absolute Gasteiger partial charge is 0.0549 e. The Morgan fingerprint density at radius 2 is 2.06 bits per heavy atom. The van der Waals surface area contributed by atoms with Gasteiger partial charge in [0, 0.05) is 6.61 Å². The van der Waals surface area contributed by atoms with E-state index in [4.69, 9.17) is 4.74 Å². The van der Waals surface area contributed by atoms with Crippen LogP contribution in [0.3, 0.4) is 0 Å². The molecule has 0 bridgehead atoms. The standard InChI is InChI=1S/C15H28O/c1-6-16-13(3)9-10-14-12(2)8-7-11-15(14,4)5/h13H,6-11H2,1-5H3. The Balaban J connectivity index is 2.56. The lowest BCUT2D eigenvalue weighted by Crippen LogP contribution is -2.21. The van der Waals surface area contributed by atoms with Gasteiger partial charge in [0.05, 0.1) is 6.10 Å². The normalized spacial score (nSPS) is 22.3. The van der Waals surface area contributed by atoms with E-state index in [1.807, 2.05) is 0 Å². The van der Waals surface area contributed by atoms with E-state index in [1.54, 1.807) is 11.1 Å². The third-order valence-electron chi connectivity index (χ3n) is 3.94. The Kier molecular flexibility index (Phi) is 5.04. The summed E-state index contributed by atoms with van der Waals surface area (Å²) in [7, 11) is 0. The van der Waals surface area contributed by atoms with Crippen LogP contribution in [0.5, 0.6) is 0 Å². The summed E-state index contributed by atoms with van der Waals surface area (Å²) >= 11 is 0. The highest BCUT2D eigenvalue weighted by molar-refractivity contribution is 5.22. The fourth-order valence-corrected chi connectivity index (χ4v) is 2.94. The molecule has 0 aliphatic heterocycles. The Morgan fingerprint density at radius 3 is 2.62 bits per heavy atom. The second-order valence-electron chi connectivity index (χ2n) is 5.80. The van der Waals surface area contributed by atoms with Gasteiger partial charge < -0.3 is 4.74 Å². The largest absolute Gasteiger partial charge is 0.379 e. The van der Waals surface area contributed by atoms with Crippen LogP contribution >= 0.6 is 0 Å². The van der Waals surface area contributed by atoms with E-state index >= 15 is 0 Å². The van der Waals surface area contributed by atoms with Gasteiger partial charge in [-0.3, -0.25) is 0 Å². The second kappa shape index (κ2) is 5.86. The summed E-state index contributed by atoms with van der Waals surface area (Å²) in [6, 6.07) is 0. The summed E-state index contributed by atoms with van der Waals surface area (Å²) < 4.78 is 5.61. The zero-order chi connectivity index (χ0) is 12.2. The summed E-state index contributed by atoms with van der Waals surface area (Å²) in [6.45, 7) is 12.2. The summed E-state index contributed by atoms with van der Waals surface area (Å²) in [6.07, 6.45) is 6.82. The molecular weight excluding hydrogens is 196 g/mol. The van der Waals surface area contributed by atoms with Crippen molar-refractivity contribution in [1.29, 1.82) is 0 Å². The summed E-state index contributed by atoms with van der Waals surface area (Å²) in [5.41, 5.74) is 3.76. The lowest BCUT2D eigenvalue weighted by molar-refractivity contribution is 0.0693. The fraction of sp³-hybridized carbons (Fsp3) is 0.867. The molecule has 0 saturated carbocycles. The zero-order valence-corrected chi connectivity index (χ0v) is 11.7. The van der Waals surface area contributed by atoms with Gasteiger partial charge in [0.2, 0.25) is 0 Å². The van der Waals surface area contributed by atoms with E-state index < -0.39 is 0 Å². The molecular formula is C15H28O. The van der Waals surface area contributed by atoms with Gasteiger partial charge in [-0.05, 0) is 58.3 Å². The van der Waals surface area contributed by atoms with Crippen molar-refractivity contribution in [3.8, 4) is 0 Å². The molecule has 0 heterocycles. The molecule has 0 fully saturated rings. The maximum Gasteiger partial charge on any atom is 0.0549 e. The van der Waals surface area contributed by atoms with E-state index in [2.05, 4.69) is 34.6 Å². The monoisotopic (exact) mass is 224 g/mol. The molecule has 0 radical (unpaired) electrons. The minimum Gasteiger partial charge on any atom is -0.379 e. The first kappa shape index (κ1) is 13.8. The second-order valence-corrected chi connectivity index (χ2v) is 5.80. The fourth-order valence-electron chi connectivity index (χ4n) is 2.94. The van der Waals surface area contributed by atoms with E-state index in [1.165, 1.54) is 32.1 Å². The van der Waals surface area contributed by atoms with Crippen molar-refractivity contribution < 1.29 is 4.74 Å². The van der Waals surface area contributed by atoms with Crippen LogP contribution in [0.2, 0.25) is 0 Å². The van der Waals surface area contributed by atoms with Crippen molar-refractivity contribution >= 4 is 0 Å². The van der Waals surface area contributed by atoms with Crippen LogP contribution in [0.1, 0.15) is 66.7 Å². The molecule has 0 aromatic rings. The number of rotatable bonds is 5. The quantitative estimate of drug-likeness (QED) is 0.614. The van der Waals surface area contributed by atoms with Gasteiger partial charge in [-0.2, -0.15) is 0 Å². The average Bonchev–Trinajstić information content (AvgIpc) is 2.16. The van der Waals surface area contributed by atoms with Crippen LogP contribution in [0.25, 0.3) is 0 Å². The van der Waals surface area contributed by atoms with Gasteiger partial charge >= 0.3 is 0 Å². The Bertz CT molecular complexity index is 250. The number of ether oxygens (including phenoxy) is 1. The van der Waals surface area contributed by atoms with Gasteiger partial charge in [0.1, 0.15) is 0 Å². The van der Waals surface area contributed by atoms with Crippen molar-refractivity contribution in [2.75, 3.05) is 6.61 Å². The van der Waals surface area contributed by atoms with Crippen molar-refractivity contribution in [3.63, 3.8) is 0 Å². The number of allylic oxidation sites excluding steroid dienone is 2. The van der Waals surface area contributed by atoms with Crippen molar-refractivity contribution in [2.45, 2.75) is 72.8 Å². The molecule has 1 rings (SSSR count). The molecule has 16 heavy (non-hydrogen) atoms. The number of hydrogen-bond donors (Lipinski definition) is 0. The SMILES string of the molecule is CCOC(C)CCC1=C(C)CCCC1(C)C. The van der Waals surface area contributed by atoms with Crippen LogP contribution in [0.4, 0.5) is 0 Å². The molecule has 1 atom stereocenters. The first-order chi connectivity index (χ1) is 7.47. The van der Waals surface area contributed by atoms with Crippen LogP contribution in [-0.4, -0.2) is 12.7 Å². The predicted molar refractivity (Wildman–Crippen MR) is 70.7 cm³/mol. The summed E-state index contributed by atoms with van der Waals surface area (Å²) in [4.78, 5) is 0. The zero-order valence-electron chi connectivity index (χ0n) is 11.7. The van der Waals surface area contributed by atoms with Gasteiger partial charge in [-0.15, -0.1) is 0 Å². The highest BCUT2D eigenvalue weighted by Gasteiger charge is 2.27. The molecule has 94 valence electrons. The Labute approximate surface area is 101 Å². The molecule has 1 aliphatic rings. The van der Waals surface area contributed by atoms with Gasteiger partial charge in [0.25, 0.3) is 0 Å². The first-order valence-electron chi connectivity index (χ1n) is 6.78. The average molecular weight is 224 g/mol. The van der Waals surface area contributed by atoms with E-state index in [9.17, 15) is 0 Å². The van der Waals surface area contributed by atoms with Crippen LogP contribution < -0.4 is 0 Å². The molecule has 0 saturated heterocycles. The molecule has 0 amide bonds. The van der Waals surface area contributed by atoms with Gasteiger partial charge in [0.15, 0.2) is 0 Å². The van der Waals surface area contributed by atoms with Gasteiger partial charge in [-0.1, -0.05) is 25.0 Å². The predicted octanol–water partition coefficient (Wildman–Crippen LogP) is 4.72. The van der Waals surface area contributed by atoms with Crippen LogP contribution in [-0.2, 0) is 4.74 Å². The third kappa shape index (κ3) is 3.62. The Morgan fingerprint density at radius 1 is 1.38 bits per heavy atom. The molecule has 1 nitrogen and oxygen atoms in total. The first-order valence-corrected chi connectivity index (χ1v) is 6.78. The maximum atomic E-state index is 5.61. The van der Waals surface area contributed by atoms with E-state index in [0.29, 0.717) is 11.5 Å². The van der Waals surface area contributed by atoms with E-state index in [-0.39, 0.29) is 0 Å². The van der Waals surface area contributed by atoms with Gasteiger partial charge in [-0.25, -0.2) is 0 Å². The van der Waals surface area contributed by atoms with Crippen molar-refractivity contribution in [3.05, 3.63) is 11.1 Å². The Hall–Kier alpha value is -0.300. The molecule has 0 aromatic heterocycles. The molecule has 0 N–H and O–H groups in total. The minimum atomic E-state index is 0.406. The van der Waals surface area contributed by atoms with Crippen LogP contribution in [0, 0.1) is 5.41 Å². The molecule has 1 unspecified atom stereocenters. The minimum absolute atomic E-state index is 0.406. The van der Waals surface area contributed by atoms with E-state index in [0.717, 1.165) is 6.61 Å². The molecule has 0 aromatic carbocycles. The molecule has 0 spiro atoms. The molecule has 1 aliphatic carbocycles. The lowest BCUT2D eigenvalue weighted by Gasteiger charge is -2.35. The number of hydrogen-bond acceptors (Lipinski definition) is 1. The maximum absolute atomic E-state index is 5.61. The highest BCUT2D eigenvalue weighted by atomic mass is 16.5. The van der Waals surface area contributed by atoms with Crippen LogP contribution in [0.15, 0.2) is 11.1 Å². The topological polar surface area (TPSA) is 9.23 Å². The highest BCUT2D eigenvalue weighted by Crippen LogP contribution is 2.42. The lowest BCUT2D eigenvalue weighted by atomic mass is 9.71.